The fourth-order valence-electron chi connectivity index (χ4n) is 16.0. The van der Waals surface area contributed by atoms with Gasteiger partial charge < -0.3 is 18.3 Å². The van der Waals surface area contributed by atoms with Crippen LogP contribution in [0.1, 0.15) is 16.7 Å². The predicted octanol–water partition coefficient (Wildman–Crippen LogP) is 24.5. The van der Waals surface area contributed by atoms with Crippen LogP contribution < -0.4 is 0 Å². The second kappa shape index (κ2) is 24.1. The molecule has 6 heterocycles. The molecule has 0 atom stereocenters. The Bertz CT molecular complexity index is 6730. The summed E-state index contributed by atoms with van der Waals surface area (Å²) in [6.45, 7) is 6.51. The Morgan fingerprint density at radius 3 is 0.990 bits per heavy atom. The minimum Gasteiger partial charge on any atom is -0.309 e. The summed E-state index contributed by atoms with van der Waals surface area (Å²) in [5.41, 5.74) is 29.0. The van der Waals surface area contributed by atoms with Crippen LogP contribution in [-0.4, -0.2) is 32.2 Å². The van der Waals surface area contributed by atoms with Crippen molar-refractivity contribution in [2.45, 2.75) is 20.8 Å². The van der Waals surface area contributed by atoms with Crippen molar-refractivity contribution in [2.75, 3.05) is 0 Å². The molecule has 7 nitrogen and oxygen atoms in total. The number of hydrogen-bond acceptors (Lipinski definition) is 1. The van der Waals surface area contributed by atoms with Gasteiger partial charge in [0, 0.05) is 71.3 Å². The van der Waals surface area contributed by atoms with Gasteiger partial charge in [0.25, 0.3) is 0 Å². The molecule has 101 heavy (non-hydrogen) atoms. The number of rotatable bonds is 7. The van der Waals surface area contributed by atoms with E-state index in [1.165, 1.54) is 149 Å². The molecule has 0 aliphatic carbocycles. The Balaban J connectivity index is 0.000000107. The van der Waals surface area contributed by atoms with Crippen molar-refractivity contribution in [3.63, 3.8) is 0 Å². The van der Waals surface area contributed by atoms with Crippen LogP contribution in [0.25, 0.3) is 166 Å². The summed E-state index contributed by atoms with van der Waals surface area (Å²) in [6.07, 6.45) is 0. The Morgan fingerprint density at radius 2 is 0.535 bits per heavy atom. The van der Waals surface area contributed by atoms with Gasteiger partial charge in [0.2, 0.25) is 5.78 Å². The molecule has 0 bridgehead atoms. The average Bonchev–Trinajstić information content (AvgIpc) is 1.57. The first-order chi connectivity index (χ1) is 49.9. The van der Waals surface area contributed by atoms with Gasteiger partial charge in [0.1, 0.15) is 0 Å². The summed E-state index contributed by atoms with van der Waals surface area (Å²) in [4.78, 5) is 5.05. The van der Waals surface area contributed by atoms with Crippen molar-refractivity contribution < 1.29 is 0 Å². The smallest absolute Gasteiger partial charge is 0.220 e. The first kappa shape index (κ1) is 59.1. The lowest BCUT2D eigenvalue weighted by Crippen LogP contribution is -1.98. The third-order valence-electron chi connectivity index (χ3n) is 20.5. The van der Waals surface area contributed by atoms with Crippen molar-refractivity contribution in [3.8, 4) is 50.7 Å². The maximum absolute atomic E-state index is 5.05. The van der Waals surface area contributed by atoms with Gasteiger partial charge in [-0.2, -0.15) is 0 Å². The molecule has 0 amide bonds. The van der Waals surface area contributed by atoms with Gasteiger partial charge in [-0.05, 0) is 170 Å². The highest BCUT2D eigenvalue weighted by molar-refractivity contribution is 6.14. The largest absolute Gasteiger partial charge is 0.309 e. The number of aromatic nitrogens is 7. The number of benzene rings is 15. The van der Waals surface area contributed by atoms with Crippen LogP contribution in [0.15, 0.2) is 352 Å². The van der Waals surface area contributed by atoms with Crippen LogP contribution in [0.5, 0.6) is 0 Å². The van der Waals surface area contributed by atoms with E-state index in [4.69, 9.17) is 4.98 Å². The molecule has 6 aromatic heterocycles. The molecule has 7 heteroatoms. The van der Waals surface area contributed by atoms with Crippen LogP contribution in [-0.2, 0) is 0 Å². The molecule has 478 valence electrons. The molecule has 21 aromatic rings. The third-order valence-corrected chi connectivity index (χ3v) is 20.5. The zero-order valence-corrected chi connectivity index (χ0v) is 56.1. The van der Waals surface area contributed by atoms with E-state index in [1.54, 1.807) is 0 Å². The summed E-state index contributed by atoms with van der Waals surface area (Å²) >= 11 is 0. The van der Waals surface area contributed by atoms with Crippen LogP contribution >= 0.6 is 0 Å². The highest BCUT2D eigenvalue weighted by Crippen LogP contribution is 2.42. The Morgan fingerprint density at radius 1 is 0.208 bits per heavy atom. The summed E-state index contributed by atoms with van der Waals surface area (Å²) in [5, 5.41) is 10.1. The Hall–Kier alpha value is -13.2. The van der Waals surface area contributed by atoms with Gasteiger partial charge in [-0.1, -0.05) is 231 Å². The van der Waals surface area contributed by atoms with Crippen LogP contribution in [0.3, 0.4) is 0 Å². The highest BCUT2D eigenvalue weighted by atomic mass is 15.2. The second-order valence-corrected chi connectivity index (χ2v) is 26.4. The maximum Gasteiger partial charge on any atom is 0.220 e. The molecule has 0 aliphatic rings. The Kier molecular flexibility index (Phi) is 14.1. The molecule has 0 N–H and O–H groups in total. The molecule has 0 unspecified atom stereocenters. The molecule has 0 radical (unpaired) electrons. The molecule has 0 spiro atoms. The van der Waals surface area contributed by atoms with Crippen molar-refractivity contribution in [3.05, 3.63) is 369 Å². The SMILES string of the molecule is Cc1cccc(-n2c3ccccc3c3cc(-n4c5ccccc5n5c6ccccc6nc45)ccc32)c1.Cc1ccccc1-c1ccccc1-n1c2ccccc2c2cc(-n3c4ccccc4c4ccccc43)ccc21.Cc1ccccc1-c1ccccc1-n1c2ccccc2c2ccccc21. The van der Waals surface area contributed by atoms with Gasteiger partial charge in [0.05, 0.1) is 77.6 Å². The maximum atomic E-state index is 5.05. The lowest BCUT2D eigenvalue weighted by atomic mass is 9.99. The fourth-order valence-corrected chi connectivity index (χ4v) is 16.0. The van der Waals surface area contributed by atoms with E-state index in [-0.39, 0.29) is 0 Å². The number of hydrogen-bond donors (Lipinski definition) is 0. The van der Waals surface area contributed by atoms with E-state index in [0.29, 0.717) is 0 Å². The molecular weight excluding hydrogens is 1230 g/mol. The first-order valence-electron chi connectivity index (χ1n) is 34.7. The monoisotopic (exact) mass is 1290 g/mol. The van der Waals surface area contributed by atoms with Gasteiger partial charge in [0.15, 0.2) is 0 Å². The van der Waals surface area contributed by atoms with Crippen molar-refractivity contribution in [2.24, 2.45) is 0 Å². The standard InChI is InChI=1S/C37H26N2.C32H22N4.C25H19N/c1-25-12-2-3-13-27(25)28-14-4-10-20-35(28)39-36-21-11-7-17-31(36)32-24-26(22-23-37(32)39)38-33-18-8-5-15-29(33)30-16-6-9-19-34(30)38;1-21-9-8-10-22(19-21)34-27-13-4-2-11-24(27)25-20-23(17-18-28(25)34)35-30-15-6-7-16-31(30)36-29-14-5-3-12-26(29)33-32(35)36;1-18-10-2-3-11-19(18)20-12-4-7-15-23(20)26-24-16-8-5-13-21(24)22-14-6-9-17-25(22)26/h2-24H,1H3;2-20H,1H3;2-17H,1H3. The summed E-state index contributed by atoms with van der Waals surface area (Å²) in [6, 6.07) is 126. The summed E-state index contributed by atoms with van der Waals surface area (Å²) in [5.74, 6) is 0.930. The van der Waals surface area contributed by atoms with E-state index >= 15 is 0 Å². The van der Waals surface area contributed by atoms with Crippen molar-refractivity contribution in [1.82, 2.24) is 32.2 Å². The fraction of sp³-hybridized carbons (Fsp3) is 0.0319. The van der Waals surface area contributed by atoms with E-state index < -0.39 is 0 Å². The van der Waals surface area contributed by atoms with Gasteiger partial charge in [-0.25, -0.2) is 4.98 Å². The minimum absolute atomic E-state index is 0.930. The first-order valence-corrected chi connectivity index (χ1v) is 34.7. The Labute approximate surface area is 583 Å². The quantitative estimate of drug-likeness (QED) is 0.157. The lowest BCUT2D eigenvalue weighted by Gasteiger charge is -2.15. The molecule has 0 saturated heterocycles. The molecule has 0 fully saturated rings. The topological polar surface area (TPSA) is 42.0 Å². The van der Waals surface area contributed by atoms with Gasteiger partial charge in [-0.3, -0.25) is 8.97 Å². The van der Waals surface area contributed by atoms with Gasteiger partial charge in [-0.15, -0.1) is 0 Å². The van der Waals surface area contributed by atoms with Crippen LogP contribution in [0, 0.1) is 20.8 Å². The van der Waals surface area contributed by atoms with E-state index in [1.807, 2.05) is 6.07 Å². The van der Waals surface area contributed by atoms with E-state index in [0.717, 1.165) is 33.5 Å². The van der Waals surface area contributed by atoms with Crippen LogP contribution in [0.2, 0.25) is 0 Å². The number of imidazole rings is 2. The highest BCUT2D eigenvalue weighted by Gasteiger charge is 2.22. The zero-order chi connectivity index (χ0) is 67.2. The number of nitrogens with zero attached hydrogens (tertiary/aromatic N) is 7. The van der Waals surface area contributed by atoms with Crippen molar-refractivity contribution in [1.29, 1.82) is 0 Å². The average molecular weight is 1290 g/mol. The number of para-hydroxylation sites is 12. The van der Waals surface area contributed by atoms with Crippen molar-refractivity contribution >= 4 is 115 Å². The molecule has 0 aliphatic heterocycles. The molecule has 0 saturated carbocycles. The molecule has 21 rings (SSSR count). The molecular formula is C94H67N7. The minimum atomic E-state index is 0.930. The lowest BCUT2D eigenvalue weighted by molar-refractivity contribution is 1.11. The summed E-state index contributed by atoms with van der Waals surface area (Å²) in [7, 11) is 0. The normalized spacial score (nSPS) is 11.7. The number of fused-ring (bicyclic) bond motifs is 17. The van der Waals surface area contributed by atoms with E-state index in [2.05, 4.69) is 394 Å². The summed E-state index contributed by atoms with van der Waals surface area (Å²) < 4.78 is 14.2. The third kappa shape index (κ3) is 9.61. The molecule has 15 aromatic carbocycles. The van der Waals surface area contributed by atoms with E-state index in [9.17, 15) is 0 Å². The van der Waals surface area contributed by atoms with Crippen LogP contribution in [0.4, 0.5) is 0 Å². The van der Waals surface area contributed by atoms with Gasteiger partial charge >= 0.3 is 0 Å². The predicted molar refractivity (Wildman–Crippen MR) is 425 cm³/mol. The zero-order valence-electron chi connectivity index (χ0n) is 56.1. The second-order valence-electron chi connectivity index (χ2n) is 26.4. The number of aryl methyl sites for hydroxylation is 3.